The summed E-state index contributed by atoms with van der Waals surface area (Å²) in [5, 5.41) is 1.48. The van der Waals surface area contributed by atoms with Gasteiger partial charge in [0.1, 0.15) is 24.2 Å². The zero-order valence-corrected chi connectivity index (χ0v) is 16.8. The van der Waals surface area contributed by atoms with Gasteiger partial charge in [-0.2, -0.15) is 0 Å². The molecule has 4 nitrogen and oxygen atoms in total. The van der Waals surface area contributed by atoms with Gasteiger partial charge in [-0.15, -0.1) is 0 Å². The number of fused-ring (bicyclic) bond motifs is 1. The lowest BCUT2D eigenvalue weighted by molar-refractivity contribution is -0.670. The molecular formula is C22H25ClFN4+. The maximum atomic E-state index is 14.9. The first-order chi connectivity index (χ1) is 13.5. The van der Waals surface area contributed by atoms with Gasteiger partial charge in [0.25, 0.3) is 0 Å². The molecule has 28 heavy (non-hydrogen) atoms. The molecule has 0 unspecified atom stereocenters. The Bertz CT molecular complexity index is 1010. The van der Waals surface area contributed by atoms with E-state index in [9.17, 15) is 4.39 Å². The van der Waals surface area contributed by atoms with Gasteiger partial charge in [-0.3, -0.25) is 4.99 Å². The summed E-state index contributed by atoms with van der Waals surface area (Å²) in [7, 11) is 1.97. The van der Waals surface area contributed by atoms with Crippen molar-refractivity contribution in [1.29, 1.82) is 0 Å². The number of benzene rings is 1. The van der Waals surface area contributed by atoms with Gasteiger partial charge in [0.05, 0.1) is 12.6 Å². The number of nitrogens with zero attached hydrogens (tertiary/aromatic N) is 3. The second-order valence-electron chi connectivity index (χ2n) is 7.62. The molecule has 1 aliphatic rings. The highest BCUT2D eigenvalue weighted by atomic mass is 35.5. The first-order valence-corrected chi connectivity index (χ1v) is 10.1. The Labute approximate surface area is 169 Å². The van der Waals surface area contributed by atoms with E-state index in [4.69, 9.17) is 17.3 Å². The third-order valence-electron chi connectivity index (χ3n) is 5.52. The summed E-state index contributed by atoms with van der Waals surface area (Å²) in [6.07, 6.45) is 11.7. The van der Waals surface area contributed by atoms with Crippen molar-refractivity contribution in [2.75, 3.05) is 0 Å². The van der Waals surface area contributed by atoms with Crippen LogP contribution in [0, 0.1) is 5.82 Å². The minimum absolute atomic E-state index is 0.238. The van der Waals surface area contributed by atoms with Crippen molar-refractivity contribution in [3.8, 4) is 0 Å². The zero-order chi connectivity index (χ0) is 19.7. The fourth-order valence-electron chi connectivity index (χ4n) is 3.92. The van der Waals surface area contributed by atoms with Gasteiger partial charge in [0.15, 0.2) is 12.4 Å². The molecule has 0 bridgehead atoms. The Balaban J connectivity index is 1.62. The predicted octanol–water partition coefficient (Wildman–Crippen LogP) is 4.34. The van der Waals surface area contributed by atoms with Crippen LogP contribution in [0.25, 0.3) is 10.9 Å². The molecule has 3 aromatic rings. The van der Waals surface area contributed by atoms with Crippen LogP contribution in [0.1, 0.15) is 43.2 Å². The molecule has 0 spiro atoms. The second kappa shape index (κ2) is 7.92. The van der Waals surface area contributed by atoms with Crippen molar-refractivity contribution < 1.29 is 8.96 Å². The van der Waals surface area contributed by atoms with Gasteiger partial charge < -0.3 is 10.3 Å². The molecule has 1 saturated carbocycles. The van der Waals surface area contributed by atoms with E-state index >= 15 is 0 Å². The topological polar surface area (TPSA) is 47.2 Å². The Kier molecular flexibility index (Phi) is 5.36. The first-order valence-electron chi connectivity index (χ1n) is 9.77. The number of hydrogen-bond acceptors (Lipinski definition) is 1. The molecule has 0 amide bonds. The molecule has 0 aliphatic heterocycles. The number of aromatic nitrogens is 2. The van der Waals surface area contributed by atoms with Gasteiger partial charge >= 0.3 is 0 Å². The molecule has 4 rings (SSSR count). The van der Waals surface area contributed by atoms with Crippen LogP contribution in [0.3, 0.4) is 0 Å². The van der Waals surface area contributed by atoms with Crippen molar-refractivity contribution in [2.24, 2.45) is 17.8 Å². The molecule has 2 aromatic heterocycles. The summed E-state index contributed by atoms with van der Waals surface area (Å²) in [6.45, 7) is 0.359. The number of aliphatic imine (C=N–C) groups is 1. The summed E-state index contributed by atoms with van der Waals surface area (Å²) < 4.78 is 18.9. The summed E-state index contributed by atoms with van der Waals surface area (Å²) in [5.74, 6) is 0.0177. The first kappa shape index (κ1) is 18.9. The minimum Gasteiger partial charge on any atom is -0.383 e. The van der Waals surface area contributed by atoms with E-state index in [0.717, 1.165) is 23.7 Å². The molecule has 6 heteroatoms. The number of amidine groups is 1. The van der Waals surface area contributed by atoms with Crippen LogP contribution in [0.4, 0.5) is 4.39 Å². The van der Waals surface area contributed by atoms with E-state index in [0.29, 0.717) is 28.5 Å². The smallest absolute Gasteiger partial charge is 0.193 e. The number of hydrogen-bond donors (Lipinski definition) is 1. The highest BCUT2D eigenvalue weighted by Gasteiger charge is 2.16. The Morgan fingerprint density at radius 1 is 1.29 bits per heavy atom. The Morgan fingerprint density at radius 2 is 2.07 bits per heavy atom. The molecule has 0 radical (unpaired) electrons. The highest BCUT2D eigenvalue weighted by molar-refractivity contribution is 6.31. The maximum Gasteiger partial charge on any atom is 0.193 e. The van der Waals surface area contributed by atoms with Crippen LogP contribution in [-0.4, -0.2) is 16.4 Å². The van der Waals surface area contributed by atoms with Crippen LogP contribution in [0.2, 0.25) is 5.02 Å². The van der Waals surface area contributed by atoms with Gasteiger partial charge in [-0.05, 0) is 31.0 Å². The van der Waals surface area contributed by atoms with Crippen LogP contribution >= 0.6 is 11.6 Å². The van der Waals surface area contributed by atoms with Crippen LogP contribution in [0.15, 0.2) is 47.8 Å². The quantitative estimate of drug-likeness (QED) is 0.396. The predicted molar refractivity (Wildman–Crippen MR) is 111 cm³/mol. The second-order valence-corrected chi connectivity index (χ2v) is 8.03. The summed E-state index contributed by atoms with van der Waals surface area (Å²) in [4.78, 5) is 4.61. The normalized spacial score (nSPS) is 16.0. The van der Waals surface area contributed by atoms with Crippen molar-refractivity contribution in [3.63, 3.8) is 0 Å². The fraction of sp³-hybridized carbons (Fsp3) is 0.364. The van der Waals surface area contributed by atoms with Gasteiger partial charge in [-0.25, -0.2) is 8.96 Å². The van der Waals surface area contributed by atoms with Crippen molar-refractivity contribution >= 4 is 28.3 Å². The monoisotopic (exact) mass is 399 g/mol. The average Bonchev–Trinajstić information content (AvgIpc) is 3.07. The largest absolute Gasteiger partial charge is 0.383 e. The standard InChI is InChI=1S/C22H25ClFN4/c1-27-9-7-15-8-10-28(21(15)14-27)13-18-19(23)11-16(12-20(18)24)22(25)26-17-5-3-2-4-6-17/h7-12,14,17H,2-6,13H2,1H3,(H2,25,26)/q+1. The molecule has 1 aromatic carbocycles. The van der Waals surface area contributed by atoms with E-state index in [-0.39, 0.29) is 11.9 Å². The van der Waals surface area contributed by atoms with Crippen LogP contribution < -0.4 is 10.3 Å². The molecule has 1 aliphatic carbocycles. The molecule has 0 atom stereocenters. The van der Waals surface area contributed by atoms with Crippen LogP contribution in [-0.2, 0) is 13.6 Å². The van der Waals surface area contributed by atoms with E-state index in [1.807, 2.05) is 46.9 Å². The molecule has 1 fully saturated rings. The number of halogens is 2. The fourth-order valence-corrected chi connectivity index (χ4v) is 4.18. The lowest BCUT2D eigenvalue weighted by Gasteiger charge is -2.18. The molecule has 2 heterocycles. The van der Waals surface area contributed by atoms with E-state index in [2.05, 4.69) is 4.99 Å². The third-order valence-corrected chi connectivity index (χ3v) is 5.85. The molecular weight excluding hydrogens is 375 g/mol. The van der Waals surface area contributed by atoms with E-state index in [1.165, 1.54) is 25.3 Å². The number of pyridine rings is 1. The lowest BCUT2D eigenvalue weighted by Crippen LogP contribution is -2.26. The highest BCUT2D eigenvalue weighted by Crippen LogP contribution is 2.26. The summed E-state index contributed by atoms with van der Waals surface area (Å²) in [5.41, 5.74) is 8.20. The van der Waals surface area contributed by atoms with Crippen molar-refractivity contribution in [2.45, 2.75) is 44.7 Å². The van der Waals surface area contributed by atoms with Crippen molar-refractivity contribution in [1.82, 2.24) is 4.57 Å². The zero-order valence-electron chi connectivity index (χ0n) is 16.0. The third kappa shape index (κ3) is 3.90. The van der Waals surface area contributed by atoms with Gasteiger partial charge in [0.2, 0.25) is 0 Å². The van der Waals surface area contributed by atoms with Gasteiger partial charge in [-0.1, -0.05) is 30.9 Å². The molecule has 0 saturated heterocycles. The number of nitrogens with two attached hydrogens (primary N) is 1. The minimum atomic E-state index is -0.355. The number of rotatable bonds is 4. The van der Waals surface area contributed by atoms with E-state index in [1.54, 1.807) is 6.07 Å². The Hall–Kier alpha value is -2.40. The van der Waals surface area contributed by atoms with Crippen LogP contribution in [0.5, 0.6) is 0 Å². The molecule has 146 valence electrons. The summed E-state index contributed by atoms with van der Waals surface area (Å²) in [6, 6.07) is 7.48. The van der Waals surface area contributed by atoms with E-state index < -0.39 is 0 Å². The van der Waals surface area contributed by atoms with Crippen molar-refractivity contribution in [3.05, 3.63) is 64.8 Å². The average molecular weight is 400 g/mol. The lowest BCUT2D eigenvalue weighted by atomic mass is 9.96. The summed E-state index contributed by atoms with van der Waals surface area (Å²) >= 11 is 6.45. The number of aryl methyl sites for hydroxylation is 1. The SMILES string of the molecule is C[n+]1ccc2ccn(Cc3c(F)cc(C(N)=NC4CCCCC4)cc3Cl)c2c1. The molecule has 2 N–H and O–H groups in total. The van der Waals surface area contributed by atoms with Gasteiger partial charge in [0, 0.05) is 33.8 Å². The maximum absolute atomic E-state index is 14.9. The Morgan fingerprint density at radius 3 is 2.82 bits per heavy atom.